The van der Waals surface area contributed by atoms with Crippen molar-refractivity contribution in [2.24, 2.45) is 16.7 Å². The standard InChI is InChI=1S/C15H29NO/c1-14(2,3)12-7-5-6-8-13(12)16-9-15(4)10-17-11-15/h12-13,16H,5-11H2,1-4H3. The normalized spacial score (nSPS) is 33.2. The molecule has 2 aliphatic rings. The average Bonchev–Trinajstić information content (AvgIpc) is 2.23. The summed E-state index contributed by atoms with van der Waals surface area (Å²) < 4.78 is 5.33. The molecule has 1 saturated carbocycles. The van der Waals surface area contributed by atoms with Crippen molar-refractivity contribution >= 4 is 0 Å². The van der Waals surface area contributed by atoms with E-state index in [1.807, 2.05) is 0 Å². The highest BCUT2D eigenvalue weighted by Gasteiger charge is 2.37. The summed E-state index contributed by atoms with van der Waals surface area (Å²) in [5, 5.41) is 3.84. The number of rotatable bonds is 3. The van der Waals surface area contributed by atoms with Crippen LogP contribution in [0.4, 0.5) is 0 Å². The number of nitrogens with one attached hydrogen (secondary N) is 1. The van der Waals surface area contributed by atoms with Gasteiger partial charge in [-0.3, -0.25) is 0 Å². The Bertz CT molecular complexity index is 252. The summed E-state index contributed by atoms with van der Waals surface area (Å²) in [7, 11) is 0. The molecular formula is C15H29NO. The van der Waals surface area contributed by atoms with Gasteiger partial charge in [0.1, 0.15) is 0 Å². The van der Waals surface area contributed by atoms with Crippen molar-refractivity contribution in [1.82, 2.24) is 5.32 Å². The number of hydrogen-bond donors (Lipinski definition) is 1. The molecule has 0 aromatic rings. The van der Waals surface area contributed by atoms with Gasteiger partial charge in [-0.15, -0.1) is 0 Å². The number of ether oxygens (including phenoxy) is 1. The zero-order valence-corrected chi connectivity index (χ0v) is 12.0. The van der Waals surface area contributed by atoms with E-state index in [0.29, 0.717) is 10.8 Å². The molecule has 2 heteroatoms. The minimum Gasteiger partial charge on any atom is -0.380 e. The Balaban J connectivity index is 1.88. The second kappa shape index (κ2) is 4.89. The molecule has 0 radical (unpaired) electrons. The average molecular weight is 239 g/mol. The van der Waals surface area contributed by atoms with Gasteiger partial charge in [0.05, 0.1) is 13.2 Å². The maximum Gasteiger partial charge on any atom is 0.0554 e. The van der Waals surface area contributed by atoms with Gasteiger partial charge in [0.25, 0.3) is 0 Å². The van der Waals surface area contributed by atoms with Gasteiger partial charge in [-0.2, -0.15) is 0 Å². The van der Waals surface area contributed by atoms with Crippen molar-refractivity contribution in [2.75, 3.05) is 19.8 Å². The maximum atomic E-state index is 5.33. The van der Waals surface area contributed by atoms with Crippen molar-refractivity contribution in [1.29, 1.82) is 0 Å². The van der Waals surface area contributed by atoms with Crippen LogP contribution in [0.2, 0.25) is 0 Å². The van der Waals surface area contributed by atoms with Crippen LogP contribution in [0.25, 0.3) is 0 Å². The van der Waals surface area contributed by atoms with E-state index in [2.05, 4.69) is 33.0 Å². The minimum atomic E-state index is 0.403. The van der Waals surface area contributed by atoms with Crippen LogP contribution in [0.15, 0.2) is 0 Å². The van der Waals surface area contributed by atoms with Gasteiger partial charge in [-0.25, -0.2) is 0 Å². The molecule has 0 aromatic carbocycles. The topological polar surface area (TPSA) is 21.3 Å². The third kappa shape index (κ3) is 3.23. The molecule has 100 valence electrons. The Labute approximate surface area is 107 Å². The lowest BCUT2D eigenvalue weighted by atomic mass is 9.69. The summed E-state index contributed by atoms with van der Waals surface area (Å²) in [4.78, 5) is 0. The quantitative estimate of drug-likeness (QED) is 0.816. The van der Waals surface area contributed by atoms with E-state index in [1.165, 1.54) is 25.7 Å². The van der Waals surface area contributed by atoms with Crippen LogP contribution in [0.1, 0.15) is 53.4 Å². The molecule has 0 bridgehead atoms. The number of hydrogen-bond acceptors (Lipinski definition) is 2. The van der Waals surface area contributed by atoms with Crippen LogP contribution in [0, 0.1) is 16.7 Å². The summed E-state index contributed by atoms with van der Waals surface area (Å²) in [6, 6.07) is 0.723. The van der Waals surface area contributed by atoms with Gasteiger partial charge in [0.2, 0.25) is 0 Å². The molecule has 2 unspecified atom stereocenters. The Hall–Kier alpha value is -0.0800. The fourth-order valence-electron chi connectivity index (χ4n) is 3.34. The van der Waals surface area contributed by atoms with Crippen LogP contribution < -0.4 is 5.32 Å². The van der Waals surface area contributed by atoms with Crippen LogP contribution in [-0.2, 0) is 4.74 Å². The lowest BCUT2D eigenvalue weighted by Gasteiger charge is -2.44. The van der Waals surface area contributed by atoms with Gasteiger partial charge in [0.15, 0.2) is 0 Å². The zero-order chi connectivity index (χ0) is 12.5. The Kier molecular flexibility index (Phi) is 3.84. The molecule has 17 heavy (non-hydrogen) atoms. The largest absolute Gasteiger partial charge is 0.380 e. The fraction of sp³-hybridized carbons (Fsp3) is 1.00. The van der Waals surface area contributed by atoms with Gasteiger partial charge in [-0.05, 0) is 24.2 Å². The Morgan fingerprint density at radius 1 is 1.18 bits per heavy atom. The first-order valence-corrected chi connectivity index (χ1v) is 7.22. The molecule has 2 fully saturated rings. The van der Waals surface area contributed by atoms with Gasteiger partial charge < -0.3 is 10.1 Å². The van der Waals surface area contributed by atoms with Crippen molar-refractivity contribution in [2.45, 2.75) is 59.4 Å². The first-order valence-electron chi connectivity index (χ1n) is 7.22. The van der Waals surface area contributed by atoms with Crippen molar-refractivity contribution in [3.8, 4) is 0 Å². The van der Waals surface area contributed by atoms with Gasteiger partial charge >= 0.3 is 0 Å². The molecule has 1 N–H and O–H groups in total. The third-order valence-corrected chi connectivity index (χ3v) is 4.57. The fourth-order valence-corrected chi connectivity index (χ4v) is 3.34. The highest BCUT2D eigenvalue weighted by atomic mass is 16.5. The van der Waals surface area contributed by atoms with Crippen LogP contribution in [0.3, 0.4) is 0 Å². The van der Waals surface area contributed by atoms with Crippen molar-refractivity contribution in [3.05, 3.63) is 0 Å². The molecular weight excluding hydrogens is 210 g/mol. The summed E-state index contributed by atoms with van der Waals surface area (Å²) in [6.45, 7) is 12.5. The Morgan fingerprint density at radius 2 is 1.82 bits per heavy atom. The second-order valence-electron chi connectivity index (χ2n) is 7.55. The van der Waals surface area contributed by atoms with Gasteiger partial charge in [0, 0.05) is 18.0 Å². The monoisotopic (exact) mass is 239 g/mol. The molecule has 2 atom stereocenters. The SMILES string of the molecule is CC1(CNC2CCCCC2C(C)(C)C)COC1. The van der Waals surface area contributed by atoms with Crippen molar-refractivity contribution < 1.29 is 4.74 Å². The lowest BCUT2D eigenvalue weighted by molar-refractivity contribution is -0.102. The van der Waals surface area contributed by atoms with Crippen LogP contribution in [-0.4, -0.2) is 25.8 Å². The van der Waals surface area contributed by atoms with Gasteiger partial charge in [-0.1, -0.05) is 40.5 Å². The molecule has 0 amide bonds. The predicted molar refractivity (Wildman–Crippen MR) is 72.1 cm³/mol. The highest BCUT2D eigenvalue weighted by molar-refractivity contribution is 4.91. The summed E-state index contributed by atoms with van der Waals surface area (Å²) in [5.74, 6) is 0.834. The molecule has 1 aliphatic carbocycles. The molecule has 1 saturated heterocycles. The highest BCUT2D eigenvalue weighted by Crippen LogP contribution is 2.38. The molecule has 0 spiro atoms. The van der Waals surface area contributed by atoms with Crippen LogP contribution in [0.5, 0.6) is 0 Å². The predicted octanol–water partition coefficient (Wildman–Crippen LogP) is 3.22. The zero-order valence-electron chi connectivity index (χ0n) is 12.0. The Morgan fingerprint density at radius 3 is 2.35 bits per heavy atom. The molecule has 2 nitrogen and oxygen atoms in total. The van der Waals surface area contributed by atoms with E-state index in [1.54, 1.807) is 0 Å². The van der Waals surface area contributed by atoms with Crippen molar-refractivity contribution in [3.63, 3.8) is 0 Å². The summed E-state index contributed by atoms with van der Waals surface area (Å²) in [5.41, 5.74) is 0.842. The smallest absolute Gasteiger partial charge is 0.0554 e. The van der Waals surface area contributed by atoms with E-state index in [9.17, 15) is 0 Å². The maximum absolute atomic E-state index is 5.33. The van der Waals surface area contributed by atoms with E-state index >= 15 is 0 Å². The molecule has 1 aliphatic heterocycles. The molecule has 1 heterocycles. The minimum absolute atomic E-state index is 0.403. The molecule has 0 aromatic heterocycles. The first-order chi connectivity index (χ1) is 7.91. The van der Waals surface area contributed by atoms with E-state index < -0.39 is 0 Å². The van der Waals surface area contributed by atoms with E-state index in [0.717, 1.165) is 31.7 Å². The third-order valence-electron chi connectivity index (χ3n) is 4.57. The molecule has 2 rings (SSSR count). The lowest BCUT2D eigenvalue weighted by Crippen LogP contribution is -2.52. The van der Waals surface area contributed by atoms with E-state index in [-0.39, 0.29) is 0 Å². The second-order valence-corrected chi connectivity index (χ2v) is 7.55. The summed E-state index contributed by atoms with van der Waals surface area (Å²) in [6.07, 6.45) is 5.57. The first kappa shape index (κ1) is 13.4. The van der Waals surface area contributed by atoms with E-state index in [4.69, 9.17) is 4.74 Å². The van der Waals surface area contributed by atoms with Crippen LogP contribution >= 0.6 is 0 Å². The summed E-state index contributed by atoms with van der Waals surface area (Å²) >= 11 is 0.